The van der Waals surface area contributed by atoms with Crippen molar-refractivity contribution < 1.29 is 14.8 Å². The fourth-order valence-electron chi connectivity index (χ4n) is 1.86. The number of carbonyl (C=O) groups is 1. The molecule has 0 saturated carbocycles. The van der Waals surface area contributed by atoms with Crippen LogP contribution in [0.3, 0.4) is 0 Å². The van der Waals surface area contributed by atoms with Crippen LogP contribution in [0.4, 0.5) is 11.4 Å². The predicted octanol–water partition coefficient (Wildman–Crippen LogP) is 1.89. The highest BCUT2D eigenvalue weighted by molar-refractivity contribution is 6.32. The van der Waals surface area contributed by atoms with Crippen LogP contribution < -0.4 is 5.32 Å². The molecule has 0 aromatic heterocycles. The zero-order valence-electron chi connectivity index (χ0n) is 11.7. The van der Waals surface area contributed by atoms with Crippen molar-refractivity contribution in [1.29, 1.82) is 0 Å². The van der Waals surface area contributed by atoms with Gasteiger partial charge in [0.05, 0.1) is 18.1 Å². The Morgan fingerprint density at radius 2 is 2.19 bits per heavy atom. The van der Waals surface area contributed by atoms with E-state index in [1.807, 2.05) is 6.92 Å². The zero-order valence-corrected chi connectivity index (χ0v) is 12.5. The minimum absolute atomic E-state index is 0.0193. The Hall–Kier alpha value is -1.70. The minimum atomic E-state index is -0.604. The molecular weight excluding hydrogens is 298 g/mol. The highest BCUT2D eigenvalue weighted by Crippen LogP contribution is 2.27. The number of aliphatic hydroxyl groups excluding tert-OH is 1. The molecule has 0 bridgehead atoms. The Morgan fingerprint density at radius 1 is 1.48 bits per heavy atom. The molecule has 116 valence electrons. The number of nitrogens with one attached hydrogen (secondary N) is 1. The van der Waals surface area contributed by atoms with Gasteiger partial charge in [-0.25, -0.2) is 0 Å². The first-order valence-electron chi connectivity index (χ1n) is 6.55. The van der Waals surface area contributed by atoms with Crippen molar-refractivity contribution in [3.8, 4) is 0 Å². The average molecular weight is 316 g/mol. The van der Waals surface area contributed by atoms with E-state index in [-0.39, 0.29) is 29.8 Å². The molecule has 0 unspecified atom stereocenters. The largest absolute Gasteiger partial charge is 0.395 e. The smallest absolute Gasteiger partial charge is 0.289 e. The maximum absolute atomic E-state index is 11.9. The number of benzene rings is 1. The lowest BCUT2D eigenvalue weighted by Gasteiger charge is -2.19. The molecule has 1 rings (SSSR count). The third kappa shape index (κ3) is 5.66. The molecule has 0 aliphatic carbocycles. The Balaban J connectivity index is 2.69. The second-order valence-electron chi connectivity index (χ2n) is 4.47. The molecule has 0 radical (unpaired) electrons. The van der Waals surface area contributed by atoms with Crippen LogP contribution in [0.25, 0.3) is 0 Å². The monoisotopic (exact) mass is 315 g/mol. The van der Waals surface area contributed by atoms with E-state index in [2.05, 4.69) is 5.32 Å². The SMILES string of the molecule is CCCN(CCO)CC(=O)Nc1ccc(Cl)c([N+](=O)[O-])c1. The van der Waals surface area contributed by atoms with Gasteiger partial charge in [-0.1, -0.05) is 18.5 Å². The van der Waals surface area contributed by atoms with Crippen LogP contribution in [0.1, 0.15) is 13.3 Å². The summed E-state index contributed by atoms with van der Waals surface area (Å²) >= 11 is 5.70. The highest BCUT2D eigenvalue weighted by atomic mass is 35.5. The average Bonchev–Trinajstić information content (AvgIpc) is 2.41. The van der Waals surface area contributed by atoms with Crippen molar-refractivity contribution in [1.82, 2.24) is 4.90 Å². The van der Waals surface area contributed by atoms with E-state index in [1.165, 1.54) is 18.2 Å². The van der Waals surface area contributed by atoms with Crippen LogP contribution in [0.2, 0.25) is 5.02 Å². The molecule has 1 aromatic rings. The summed E-state index contributed by atoms with van der Waals surface area (Å²) in [5, 5.41) is 22.3. The normalized spacial score (nSPS) is 10.7. The maximum Gasteiger partial charge on any atom is 0.289 e. The lowest BCUT2D eigenvalue weighted by atomic mass is 10.2. The number of nitro benzene ring substituents is 1. The van der Waals surface area contributed by atoms with Gasteiger partial charge in [-0.15, -0.1) is 0 Å². The first-order valence-corrected chi connectivity index (χ1v) is 6.92. The fourth-order valence-corrected chi connectivity index (χ4v) is 2.05. The molecule has 0 aliphatic rings. The van der Waals surface area contributed by atoms with Gasteiger partial charge in [-0.3, -0.25) is 19.8 Å². The lowest BCUT2D eigenvalue weighted by molar-refractivity contribution is -0.384. The van der Waals surface area contributed by atoms with Gasteiger partial charge in [0.15, 0.2) is 0 Å². The van der Waals surface area contributed by atoms with Crippen molar-refractivity contribution in [2.45, 2.75) is 13.3 Å². The molecule has 0 atom stereocenters. The second-order valence-corrected chi connectivity index (χ2v) is 4.88. The van der Waals surface area contributed by atoms with Crippen LogP contribution >= 0.6 is 11.6 Å². The Labute approximate surface area is 127 Å². The Kier molecular flexibility index (Phi) is 7.07. The first kappa shape index (κ1) is 17.4. The summed E-state index contributed by atoms with van der Waals surface area (Å²) in [6, 6.07) is 4.09. The van der Waals surface area contributed by atoms with Crippen molar-refractivity contribution in [2.75, 3.05) is 31.6 Å². The van der Waals surface area contributed by atoms with E-state index in [0.29, 0.717) is 18.8 Å². The predicted molar refractivity (Wildman–Crippen MR) is 80.6 cm³/mol. The molecular formula is C13H18ClN3O4. The van der Waals surface area contributed by atoms with Crippen LogP contribution in [0.15, 0.2) is 18.2 Å². The van der Waals surface area contributed by atoms with Crippen molar-refractivity contribution in [3.63, 3.8) is 0 Å². The molecule has 0 saturated heterocycles. The third-order valence-electron chi connectivity index (χ3n) is 2.75. The van der Waals surface area contributed by atoms with E-state index >= 15 is 0 Å². The van der Waals surface area contributed by atoms with Crippen molar-refractivity contribution in [2.24, 2.45) is 0 Å². The van der Waals surface area contributed by atoms with Gasteiger partial charge in [-0.05, 0) is 25.1 Å². The maximum atomic E-state index is 11.9. The Morgan fingerprint density at radius 3 is 2.76 bits per heavy atom. The van der Waals surface area contributed by atoms with E-state index in [9.17, 15) is 14.9 Å². The van der Waals surface area contributed by atoms with Gasteiger partial charge in [0, 0.05) is 18.3 Å². The number of carbonyl (C=O) groups excluding carboxylic acids is 1. The molecule has 0 aliphatic heterocycles. The molecule has 0 spiro atoms. The number of halogens is 1. The van der Waals surface area contributed by atoms with E-state index < -0.39 is 4.92 Å². The number of nitrogens with zero attached hydrogens (tertiary/aromatic N) is 2. The zero-order chi connectivity index (χ0) is 15.8. The number of anilines is 1. The highest BCUT2D eigenvalue weighted by Gasteiger charge is 2.15. The number of hydrogen-bond acceptors (Lipinski definition) is 5. The second kappa shape index (κ2) is 8.56. The van der Waals surface area contributed by atoms with Crippen LogP contribution in [0.5, 0.6) is 0 Å². The third-order valence-corrected chi connectivity index (χ3v) is 3.07. The summed E-state index contributed by atoms with van der Waals surface area (Å²) in [4.78, 5) is 23.9. The number of rotatable bonds is 8. The van der Waals surface area contributed by atoms with E-state index in [4.69, 9.17) is 16.7 Å². The summed E-state index contributed by atoms with van der Waals surface area (Å²) in [5.41, 5.74) is 0.0618. The van der Waals surface area contributed by atoms with Crippen LogP contribution in [-0.2, 0) is 4.79 Å². The molecule has 0 fully saturated rings. The summed E-state index contributed by atoms with van der Waals surface area (Å²) in [6.45, 7) is 3.16. The van der Waals surface area contributed by atoms with Gasteiger partial charge >= 0.3 is 0 Å². The Bertz CT molecular complexity index is 504. The van der Waals surface area contributed by atoms with Crippen molar-refractivity contribution in [3.05, 3.63) is 33.3 Å². The number of aliphatic hydroxyl groups is 1. The van der Waals surface area contributed by atoms with Gasteiger partial charge in [0.2, 0.25) is 5.91 Å². The van der Waals surface area contributed by atoms with Gasteiger partial charge < -0.3 is 10.4 Å². The fraction of sp³-hybridized carbons (Fsp3) is 0.462. The van der Waals surface area contributed by atoms with Crippen LogP contribution in [-0.4, -0.2) is 47.1 Å². The summed E-state index contributed by atoms with van der Waals surface area (Å²) in [7, 11) is 0. The topological polar surface area (TPSA) is 95.7 Å². The molecule has 1 amide bonds. The summed E-state index contributed by atoms with van der Waals surface area (Å²) in [6.07, 6.45) is 0.861. The van der Waals surface area contributed by atoms with Gasteiger partial charge in [-0.2, -0.15) is 0 Å². The molecule has 21 heavy (non-hydrogen) atoms. The van der Waals surface area contributed by atoms with Crippen LogP contribution in [0, 0.1) is 10.1 Å². The first-order chi connectivity index (χ1) is 9.97. The number of hydrogen-bond donors (Lipinski definition) is 2. The van der Waals surface area contributed by atoms with E-state index in [1.54, 1.807) is 4.90 Å². The molecule has 0 heterocycles. The lowest BCUT2D eigenvalue weighted by Crippen LogP contribution is -2.35. The summed E-state index contributed by atoms with van der Waals surface area (Å²) < 4.78 is 0. The van der Waals surface area contributed by atoms with Gasteiger partial charge in [0.25, 0.3) is 5.69 Å². The molecule has 1 aromatic carbocycles. The summed E-state index contributed by atoms with van der Waals surface area (Å²) in [5.74, 6) is -0.298. The number of amides is 1. The van der Waals surface area contributed by atoms with Gasteiger partial charge in [0.1, 0.15) is 5.02 Å². The molecule has 7 nitrogen and oxygen atoms in total. The quantitative estimate of drug-likeness (QED) is 0.564. The standard InChI is InChI=1S/C13H18ClN3O4/c1-2-5-16(6-7-18)9-13(19)15-10-3-4-11(14)12(8-10)17(20)21/h3-4,8,18H,2,5-7,9H2,1H3,(H,15,19). The molecule has 8 heteroatoms. The molecule has 2 N–H and O–H groups in total. The van der Waals surface area contributed by atoms with Crippen molar-refractivity contribution >= 4 is 28.9 Å². The number of nitro groups is 1. The minimum Gasteiger partial charge on any atom is -0.395 e. The van der Waals surface area contributed by atoms with E-state index in [0.717, 1.165) is 6.42 Å².